The van der Waals surface area contributed by atoms with E-state index in [9.17, 15) is 0 Å². The summed E-state index contributed by atoms with van der Waals surface area (Å²) in [5.41, 5.74) is 2.21. The second kappa shape index (κ2) is 5.02. The van der Waals surface area contributed by atoms with Crippen molar-refractivity contribution >= 4 is 21.6 Å². The molecule has 0 aliphatic rings. The second-order valence-corrected chi connectivity index (χ2v) is 3.73. The molecular weight excluding hydrogens is 230 g/mol. The molecule has 1 aromatic carbocycles. The predicted molar refractivity (Wildman–Crippen MR) is 58.0 cm³/mol. The smallest absolute Gasteiger partial charge is 0.106 e. The van der Waals surface area contributed by atoms with Gasteiger partial charge in [-0.3, -0.25) is 0 Å². The number of hydrogen-bond donors (Lipinski definition) is 0. The van der Waals surface area contributed by atoms with Crippen LogP contribution in [0.5, 0.6) is 0 Å². The lowest BCUT2D eigenvalue weighted by atomic mass is 10.1. The fraction of sp³-hybridized carbons (Fsp3) is 0.300. The number of nitrogens with zero attached hydrogens (tertiary/aromatic N) is 1. The van der Waals surface area contributed by atoms with Gasteiger partial charge in [0.1, 0.15) is 7.11 Å². The molecule has 2 nitrogen and oxygen atoms in total. The third-order valence-corrected chi connectivity index (χ3v) is 2.15. The third kappa shape index (κ3) is 3.59. The summed E-state index contributed by atoms with van der Waals surface area (Å²) in [5, 5.41) is 3.85. The zero-order chi connectivity index (χ0) is 9.68. The van der Waals surface area contributed by atoms with Crippen molar-refractivity contribution < 1.29 is 4.84 Å². The van der Waals surface area contributed by atoms with Crippen molar-refractivity contribution in [1.82, 2.24) is 0 Å². The molecule has 1 rings (SSSR count). The summed E-state index contributed by atoms with van der Waals surface area (Å²) in [6.45, 7) is 1.95. The third-order valence-electron chi connectivity index (χ3n) is 1.62. The summed E-state index contributed by atoms with van der Waals surface area (Å²) in [6, 6.07) is 8.18. The van der Waals surface area contributed by atoms with E-state index in [0.717, 1.165) is 16.6 Å². The molecule has 0 heterocycles. The molecular formula is C10H12BrNO. The van der Waals surface area contributed by atoms with Crippen molar-refractivity contribution in [3.05, 3.63) is 34.3 Å². The van der Waals surface area contributed by atoms with Gasteiger partial charge in [-0.1, -0.05) is 33.2 Å². The van der Waals surface area contributed by atoms with Gasteiger partial charge >= 0.3 is 0 Å². The number of rotatable bonds is 3. The summed E-state index contributed by atoms with van der Waals surface area (Å²) >= 11 is 3.39. The normalized spacial score (nSPS) is 11.5. The summed E-state index contributed by atoms with van der Waals surface area (Å²) < 4.78 is 1.09. The molecule has 1 aromatic rings. The minimum absolute atomic E-state index is 0.834. The van der Waals surface area contributed by atoms with Crippen molar-refractivity contribution in [1.29, 1.82) is 0 Å². The highest BCUT2D eigenvalue weighted by Crippen LogP contribution is 2.11. The average molecular weight is 242 g/mol. The highest BCUT2D eigenvalue weighted by atomic mass is 79.9. The molecule has 0 fully saturated rings. The molecule has 0 spiro atoms. The monoisotopic (exact) mass is 241 g/mol. The lowest BCUT2D eigenvalue weighted by molar-refractivity contribution is 0.212. The summed E-state index contributed by atoms with van der Waals surface area (Å²) in [5.74, 6) is 0. The molecule has 0 saturated carbocycles. The maximum Gasteiger partial charge on any atom is 0.106 e. The van der Waals surface area contributed by atoms with E-state index in [4.69, 9.17) is 0 Å². The van der Waals surface area contributed by atoms with E-state index in [-0.39, 0.29) is 0 Å². The van der Waals surface area contributed by atoms with Crippen LogP contribution in [0, 0.1) is 0 Å². The highest BCUT2D eigenvalue weighted by Gasteiger charge is 1.96. The van der Waals surface area contributed by atoms with Crippen LogP contribution in [0.2, 0.25) is 0 Å². The SMILES string of the molecule is CO/N=C(/C)Cc1ccc(Br)cc1. The molecule has 70 valence electrons. The molecule has 0 aliphatic heterocycles. The second-order valence-electron chi connectivity index (χ2n) is 2.81. The van der Waals surface area contributed by atoms with E-state index in [1.807, 2.05) is 19.1 Å². The van der Waals surface area contributed by atoms with Crippen molar-refractivity contribution in [3.63, 3.8) is 0 Å². The quantitative estimate of drug-likeness (QED) is 0.589. The topological polar surface area (TPSA) is 21.6 Å². The van der Waals surface area contributed by atoms with Gasteiger partial charge in [0, 0.05) is 10.9 Å². The maximum atomic E-state index is 4.68. The minimum atomic E-state index is 0.834. The molecule has 0 atom stereocenters. The Morgan fingerprint density at radius 2 is 2.00 bits per heavy atom. The van der Waals surface area contributed by atoms with E-state index in [1.54, 1.807) is 7.11 Å². The lowest BCUT2D eigenvalue weighted by Crippen LogP contribution is -1.97. The maximum absolute atomic E-state index is 4.68. The Balaban J connectivity index is 2.64. The van der Waals surface area contributed by atoms with Gasteiger partial charge in [0.15, 0.2) is 0 Å². The van der Waals surface area contributed by atoms with Gasteiger partial charge in [-0.2, -0.15) is 0 Å². The first-order valence-electron chi connectivity index (χ1n) is 4.03. The van der Waals surface area contributed by atoms with E-state index < -0.39 is 0 Å². The fourth-order valence-corrected chi connectivity index (χ4v) is 1.35. The predicted octanol–water partition coefficient (Wildman–Crippen LogP) is 3.01. The zero-order valence-corrected chi connectivity index (χ0v) is 9.34. The van der Waals surface area contributed by atoms with Gasteiger partial charge in [0.05, 0.1) is 5.71 Å². The highest BCUT2D eigenvalue weighted by molar-refractivity contribution is 9.10. The Labute approximate surface area is 86.7 Å². The van der Waals surface area contributed by atoms with Crippen LogP contribution >= 0.6 is 15.9 Å². The van der Waals surface area contributed by atoms with Crippen LogP contribution in [0.1, 0.15) is 12.5 Å². The summed E-state index contributed by atoms with van der Waals surface area (Å²) in [6.07, 6.45) is 0.834. The van der Waals surface area contributed by atoms with Crippen molar-refractivity contribution in [2.45, 2.75) is 13.3 Å². The number of halogens is 1. The Morgan fingerprint density at radius 1 is 1.38 bits per heavy atom. The first-order valence-corrected chi connectivity index (χ1v) is 4.82. The molecule has 0 amide bonds. The van der Waals surface area contributed by atoms with Crippen LogP contribution in [-0.2, 0) is 11.3 Å². The molecule has 13 heavy (non-hydrogen) atoms. The molecule has 0 aliphatic carbocycles. The zero-order valence-electron chi connectivity index (χ0n) is 7.75. The van der Waals surface area contributed by atoms with Crippen LogP contribution in [0.4, 0.5) is 0 Å². The average Bonchev–Trinajstić information content (AvgIpc) is 2.09. The number of oxime groups is 1. The van der Waals surface area contributed by atoms with Crippen LogP contribution in [0.3, 0.4) is 0 Å². The van der Waals surface area contributed by atoms with Crippen LogP contribution in [0.25, 0.3) is 0 Å². The largest absolute Gasteiger partial charge is 0.399 e. The van der Waals surface area contributed by atoms with Crippen LogP contribution in [-0.4, -0.2) is 12.8 Å². The van der Waals surface area contributed by atoms with Crippen molar-refractivity contribution in [2.75, 3.05) is 7.11 Å². The Bertz CT molecular complexity index is 292. The number of benzene rings is 1. The van der Waals surface area contributed by atoms with E-state index >= 15 is 0 Å². The molecule has 0 N–H and O–H groups in total. The summed E-state index contributed by atoms with van der Waals surface area (Å²) in [7, 11) is 1.56. The van der Waals surface area contributed by atoms with Gasteiger partial charge in [-0.05, 0) is 24.6 Å². The fourth-order valence-electron chi connectivity index (χ4n) is 1.09. The molecule has 3 heteroatoms. The van der Waals surface area contributed by atoms with Gasteiger partial charge in [-0.15, -0.1) is 0 Å². The minimum Gasteiger partial charge on any atom is -0.399 e. The Morgan fingerprint density at radius 3 is 2.54 bits per heavy atom. The van der Waals surface area contributed by atoms with Gasteiger partial charge in [0.25, 0.3) is 0 Å². The molecule has 0 radical (unpaired) electrons. The van der Waals surface area contributed by atoms with Crippen molar-refractivity contribution in [3.8, 4) is 0 Å². The Kier molecular flexibility index (Phi) is 3.96. The summed E-state index contributed by atoms with van der Waals surface area (Å²) in [4.78, 5) is 4.68. The van der Waals surface area contributed by atoms with Gasteiger partial charge in [0.2, 0.25) is 0 Å². The van der Waals surface area contributed by atoms with Gasteiger partial charge in [-0.25, -0.2) is 0 Å². The first kappa shape index (κ1) is 10.3. The Hall–Kier alpha value is -0.830. The van der Waals surface area contributed by atoms with E-state index in [1.165, 1.54) is 5.56 Å². The molecule has 0 bridgehead atoms. The molecule has 0 saturated heterocycles. The van der Waals surface area contributed by atoms with Crippen LogP contribution in [0.15, 0.2) is 33.9 Å². The van der Waals surface area contributed by atoms with Crippen molar-refractivity contribution in [2.24, 2.45) is 5.16 Å². The molecule has 0 aromatic heterocycles. The first-order chi connectivity index (χ1) is 6.22. The lowest BCUT2D eigenvalue weighted by Gasteiger charge is -2.00. The van der Waals surface area contributed by atoms with Crippen LogP contribution < -0.4 is 0 Å². The molecule has 0 unspecified atom stereocenters. The number of hydrogen-bond acceptors (Lipinski definition) is 2. The van der Waals surface area contributed by atoms with Gasteiger partial charge < -0.3 is 4.84 Å². The standard InChI is InChI=1S/C10H12BrNO/c1-8(12-13-2)7-9-3-5-10(11)6-4-9/h3-6H,7H2,1-2H3/b12-8-. The van der Waals surface area contributed by atoms with E-state index in [0.29, 0.717) is 0 Å². The van der Waals surface area contributed by atoms with E-state index in [2.05, 4.69) is 38.1 Å².